The van der Waals surface area contributed by atoms with Gasteiger partial charge in [-0.15, -0.1) is 0 Å². The van der Waals surface area contributed by atoms with Crippen LogP contribution in [0.5, 0.6) is 0 Å². The molecule has 1 atom stereocenters. The van der Waals surface area contributed by atoms with E-state index < -0.39 is 12.1 Å². The number of carbonyl (C=O) groups excluding carboxylic acids is 1. The van der Waals surface area contributed by atoms with Crippen LogP contribution < -0.4 is 0 Å². The van der Waals surface area contributed by atoms with E-state index in [4.69, 9.17) is 9.84 Å². The minimum Gasteiger partial charge on any atom is -0.481 e. The Morgan fingerprint density at radius 1 is 1.41 bits per heavy atom. The van der Waals surface area contributed by atoms with Crippen LogP contribution >= 0.6 is 0 Å². The van der Waals surface area contributed by atoms with Gasteiger partial charge in [0.25, 0.3) is 0 Å². The highest BCUT2D eigenvalue weighted by Gasteiger charge is 2.26. The van der Waals surface area contributed by atoms with Gasteiger partial charge in [0.2, 0.25) is 5.91 Å². The SMILES string of the molecule is O=C(O)CC1CN(C(=O)Cc2cn3ccccc3n2)CCO1. The molecule has 1 N–H and O–H groups in total. The fourth-order valence-electron chi connectivity index (χ4n) is 2.60. The summed E-state index contributed by atoms with van der Waals surface area (Å²) in [6, 6.07) is 5.68. The number of carboxylic acid groups (broad SMARTS) is 1. The summed E-state index contributed by atoms with van der Waals surface area (Å²) >= 11 is 0. The molecule has 1 amide bonds. The van der Waals surface area contributed by atoms with Gasteiger partial charge in [-0.05, 0) is 12.1 Å². The second-order valence-electron chi connectivity index (χ2n) is 5.31. The van der Waals surface area contributed by atoms with Gasteiger partial charge in [-0.3, -0.25) is 9.59 Å². The molecule has 7 heteroatoms. The fourth-order valence-corrected chi connectivity index (χ4v) is 2.60. The molecule has 3 heterocycles. The molecule has 1 aliphatic heterocycles. The number of morpholine rings is 1. The van der Waals surface area contributed by atoms with E-state index in [0.29, 0.717) is 25.4 Å². The minimum atomic E-state index is -0.917. The second-order valence-corrected chi connectivity index (χ2v) is 5.31. The van der Waals surface area contributed by atoms with Crippen molar-refractivity contribution in [2.24, 2.45) is 0 Å². The summed E-state index contributed by atoms with van der Waals surface area (Å²) in [7, 11) is 0. The summed E-state index contributed by atoms with van der Waals surface area (Å²) in [5, 5.41) is 8.81. The third-order valence-electron chi connectivity index (χ3n) is 3.64. The Bertz CT molecular complexity index is 664. The number of carbonyl (C=O) groups is 2. The standard InChI is InChI=1S/C15H17N3O4/c19-14(18-5-6-22-12(10-18)8-15(20)21)7-11-9-17-4-2-1-3-13(17)16-11/h1-4,9,12H,5-8,10H2,(H,20,21). The van der Waals surface area contributed by atoms with Crippen molar-refractivity contribution in [2.45, 2.75) is 18.9 Å². The lowest BCUT2D eigenvalue weighted by molar-refractivity contribution is -0.147. The first-order chi connectivity index (χ1) is 10.6. The van der Waals surface area contributed by atoms with E-state index in [0.717, 1.165) is 5.65 Å². The molecule has 0 bridgehead atoms. The highest BCUT2D eigenvalue weighted by Crippen LogP contribution is 2.12. The molecular weight excluding hydrogens is 286 g/mol. The Kier molecular flexibility index (Phi) is 4.06. The van der Waals surface area contributed by atoms with Crippen molar-refractivity contribution >= 4 is 17.5 Å². The van der Waals surface area contributed by atoms with E-state index in [-0.39, 0.29) is 18.7 Å². The van der Waals surface area contributed by atoms with Crippen LogP contribution in [0.1, 0.15) is 12.1 Å². The van der Waals surface area contributed by atoms with Gasteiger partial charge >= 0.3 is 5.97 Å². The number of aromatic nitrogens is 2. The van der Waals surface area contributed by atoms with Crippen LogP contribution in [0.2, 0.25) is 0 Å². The summed E-state index contributed by atoms with van der Waals surface area (Å²) in [5.41, 5.74) is 1.51. The first-order valence-corrected chi connectivity index (χ1v) is 7.15. The number of hydrogen-bond acceptors (Lipinski definition) is 4. The zero-order valence-electron chi connectivity index (χ0n) is 12.0. The number of ether oxygens (including phenoxy) is 1. The van der Waals surface area contributed by atoms with Crippen molar-refractivity contribution < 1.29 is 19.4 Å². The maximum Gasteiger partial charge on any atom is 0.306 e. The van der Waals surface area contributed by atoms with Crippen LogP contribution in [-0.2, 0) is 20.7 Å². The Labute approximate surface area is 127 Å². The first kappa shape index (κ1) is 14.5. The molecule has 0 radical (unpaired) electrons. The Morgan fingerprint density at radius 3 is 3.05 bits per heavy atom. The molecule has 0 aromatic carbocycles. The number of pyridine rings is 1. The summed E-state index contributed by atoms with van der Waals surface area (Å²) < 4.78 is 7.24. The van der Waals surface area contributed by atoms with E-state index in [2.05, 4.69) is 4.98 Å². The molecule has 1 saturated heterocycles. The maximum absolute atomic E-state index is 12.3. The summed E-state index contributed by atoms with van der Waals surface area (Å²) in [6.45, 7) is 1.18. The number of aliphatic carboxylic acids is 1. The Balaban J connectivity index is 1.64. The van der Waals surface area contributed by atoms with Gasteiger partial charge in [-0.25, -0.2) is 4.98 Å². The van der Waals surface area contributed by atoms with Gasteiger partial charge in [-0.1, -0.05) is 6.07 Å². The molecule has 22 heavy (non-hydrogen) atoms. The minimum absolute atomic E-state index is 0.0536. The predicted octanol–water partition coefficient (Wildman–Crippen LogP) is 0.579. The Hall–Kier alpha value is -2.41. The number of amides is 1. The van der Waals surface area contributed by atoms with Gasteiger partial charge in [0.1, 0.15) is 5.65 Å². The van der Waals surface area contributed by atoms with Crippen molar-refractivity contribution in [3.63, 3.8) is 0 Å². The van der Waals surface area contributed by atoms with Crippen LogP contribution in [0.25, 0.3) is 5.65 Å². The average Bonchev–Trinajstić information content (AvgIpc) is 2.89. The number of hydrogen-bond donors (Lipinski definition) is 1. The molecule has 0 spiro atoms. The topological polar surface area (TPSA) is 84.1 Å². The fraction of sp³-hybridized carbons (Fsp3) is 0.400. The van der Waals surface area contributed by atoms with Gasteiger partial charge in [0.05, 0.1) is 31.2 Å². The van der Waals surface area contributed by atoms with E-state index in [9.17, 15) is 9.59 Å². The summed E-state index contributed by atoms with van der Waals surface area (Å²) in [4.78, 5) is 29.1. The van der Waals surface area contributed by atoms with Crippen LogP contribution in [-0.4, -0.2) is 57.1 Å². The van der Waals surface area contributed by atoms with Crippen LogP contribution in [0.3, 0.4) is 0 Å². The van der Waals surface area contributed by atoms with Crippen LogP contribution in [0, 0.1) is 0 Å². The van der Waals surface area contributed by atoms with Crippen molar-refractivity contribution in [3.8, 4) is 0 Å². The monoisotopic (exact) mass is 303 g/mol. The quantitative estimate of drug-likeness (QED) is 0.893. The largest absolute Gasteiger partial charge is 0.481 e. The third-order valence-corrected chi connectivity index (χ3v) is 3.64. The number of imidazole rings is 1. The molecule has 0 saturated carbocycles. The molecular formula is C15H17N3O4. The third kappa shape index (κ3) is 3.25. The molecule has 1 unspecified atom stereocenters. The lowest BCUT2D eigenvalue weighted by Gasteiger charge is -2.32. The smallest absolute Gasteiger partial charge is 0.306 e. The van der Waals surface area contributed by atoms with E-state index in [1.165, 1.54) is 0 Å². The van der Waals surface area contributed by atoms with Crippen molar-refractivity contribution in [1.29, 1.82) is 0 Å². The van der Waals surface area contributed by atoms with Crippen molar-refractivity contribution in [1.82, 2.24) is 14.3 Å². The zero-order chi connectivity index (χ0) is 15.5. The highest BCUT2D eigenvalue weighted by atomic mass is 16.5. The molecule has 3 rings (SSSR count). The Morgan fingerprint density at radius 2 is 2.27 bits per heavy atom. The molecule has 116 valence electrons. The lowest BCUT2D eigenvalue weighted by Crippen LogP contribution is -2.46. The van der Waals surface area contributed by atoms with E-state index >= 15 is 0 Å². The van der Waals surface area contributed by atoms with Crippen LogP contribution in [0.4, 0.5) is 0 Å². The van der Waals surface area contributed by atoms with Gasteiger partial charge in [-0.2, -0.15) is 0 Å². The highest BCUT2D eigenvalue weighted by molar-refractivity contribution is 5.78. The number of nitrogens with zero attached hydrogens (tertiary/aromatic N) is 3. The molecule has 2 aromatic heterocycles. The van der Waals surface area contributed by atoms with Crippen LogP contribution in [0.15, 0.2) is 30.6 Å². The van der Waals surface area contributed by atoms with Gasteiger partial charge in [0.15, 0.2) is 0 Å². The lowest BCUT2D eigenvalue weighted by atomic mass is 10.2. The van der Waals surface area contributed by atoms with Gasteiger partial charge in [0, 0.05) is 25.5 Å². The maximum atomic E-state index is 12.3. The molecule has 1 fully saturated rings. The molecule has 7 nitrogen and oxygen atoms in total. The summed E-state index contributed by atoms with van der Waals surface area (Å²) in [6.07, 6.45) is 3.41. The van der Waals surface area contributed by atoms with Crippen molar-refractivity contribution in [2.75, 3.05) is 19.7 Å². The second kappa shape index (κ2) is 6.15. The molecule has 0 aliphatic carbocycles. The summed E-state index contributed by atoms with van der Waals surface area (Å²) in [5.74, 6) is -0.971. The average molecular weight is 303 g/mol. The van der Waals surface area contributed by atoms with Crippen molar-refractivity contribution in [3.05, 3.63) is 36.3 Å². The van der Waals surface area contributed by atoms with E-state index in [1.54, 1.807) is 4.90 Å². The van der Waals surface area contributed by atoms with E-state index in [1.807, 2.05) is 35.0 Å². The van der Waals surface area contributed by atoms with Gasteiger partial charge < -0.3 is 19.1 Å². The number of rotatable bonds is 4. The first-order valence-electron chi connectivity index (χ1n) is 7.15. The normalized spacial score (nSPS) is 18.5. The molecule has 1 aliphatic rings. The zero-order valence-corrected chi connectivity index (χ0v) is 12.0. The predicted molar refractivity (Wildman–Crippen MR) is 77.5 cm³/mol. The number of fused-ring (bicyclic) bond motifs is 1. The number of carboxylic acids is 1. The molecule has 2 aromatic rings.